The Labute approximate surface area is 152 Å². The van der Waals surface area contributed by atoms with Gasteiger partial charge in [-0.25, -0.2) is 4.99 Å². The van der Waals surface area contributed by atoms with Crippen molar-refractivity contribution in [3.05, 3.63) is 0 Å². The van der Waals surface area contributed by atoms with E-state index in [1.807, 2.05) is 0 Å². The van der Waals surface area contributed by atoms with Crippen molar-refractivity contribution in [2.45, 2.75) is 61.6 Å². The molecule has 12 nitrogen and oxygen atoms in total. The highest BCUT2D eigenvalue weighted by Crippen LogP contribution is 2.64. The number of aliphatic hydroxyl groups excluding tert-OH is 1. The number of aliphatic hydroxyl groups is 2. The van der Waals surface area contributed by atoms with Crippen molar-refractivity contribution in [3.8, 4) is 0 Å². The molecule has 5 aliphatic heterocycles. The van der Waals surface area contributed by atoms with Crippen LogP contribution in [0.25, 0.3) is 0 Å². The molecular weight excluding hydrogens is 366 g/mol. The molecule has 5 heterocycles. The summed E-state index contributed by atoms with van der Waals surface area (Å²) in [6, 6.07) is 0. The number of hydrogen-bond donors (Lipinski definition) is 4. The fourth-order valence-electron chi connectivity index (χ4n) is 5.24. The van der Waals surface area contributed by atoms with Crippen molar-refractivity contribution in [1.82, 2.24) is 5.32 Å². The molecule has 0 amide bonds. The van der Waals surface area contributed by atoms with Crippen LogP contribution in [0.3, 0.4) is 0 Å². The van der Waals surface area contributed by atoms with Crippen LogP contribution >= 0.6 is 0 Å². The fourth-order valence-corrected chi connectivity index (χ4v) is 5.24. The first-order valence-corrected chi connectivity index (χ1v) is 8.50. The van der Waals surface area contributed by atoms with E-state index in [0.29, 0.717) is 0 Å². The van der Waals surface area contributed by atoms with Gasteiger partial charge in [-0.05, 0) is 0 Å². The van der Waals surface area contributed by atoms with Crippen LogP contribution in [0, 0.1) is 5.92 Å². The number of nitrogens with one attached hydrogen (secondary N) is 1. The lowest BCUT2D eigenvalue weighted by Gasteiger charge is -2.68. The average Bonchev–Trinajstić information content (AvgIpc) is 2.71. The normalized spacial score (nSPS) is 53.6. The molecule has 27 heavy (non-hydrogen) atoms. The molecule has 0 aromatic heterocycles. The van der Waals surface area contributed by atoms with Crippen LogP contribution in [0.4, 0.5) is 0 Å². The van der Waals surface area contributed by atoms with Gasteiger partial charge < -0.3 is 44.9 Å². The highest BCUT2D eigenvalue weighted by molar-refractivity contribution is 5.81. The summed E-state index contributed by atoms with van der Waals surface area (Å²) in [5.41, 5.74) is 2.88. The van der Waals surface area contributed by atoms with Gasteiger partial charge in [-0.2, -0.15) is 0 Å². The number of rotatable bonds is 3. The number of carbonyl (C=O) groups is 2. The van der Waals surface area contributed by atoms with Gasteiger partial charge in [0, 0.05) is 13.8 Å². The van der Waals surface area contributed by atoms with Gasteiger partial charge in [0.2, 0.25) is 5.60 Å². The third kappa shape index (κ3) is 1.82. The van der Waals surface area contributed by atoms with Crippen LogP contribution in [0.15, 0.2) is 4.99 Å². The van der Waals surface area contributed by atoms with E-state index in [9.17, 15) is 19.8 Å². The Morgan fingerprint density at radius 1 is 1.30 bits per heavy atom. The second kappa shape index (κ2) is 4.89. The quantitative estimate of drug-likeness (QED) is 0.358. The van der Waals surface area contributed by atoms with E-state index in [4.69, 9.17) is 29.4 Å². The van der Waals surface area contributed by atoms with Gasteiger partial charge in [0.05, 0.1) is 5.92 Å². The van der Waals surface area contributed by atoms with Crippen molar-refractivity contribution in [3.63, 3.8) is 0 Å². The molecule has 148 valence electrons. The third-order valence-electron chi connectivity index (χ3n) is 6.00. The largest absolute Gasteiger partial charge is 0.461 e. The maximum absolute atomic E-state index is 11.9. The molecule has 1 aliphatic carbocycles. The maximum Gasteiger partial charge on any atom is 0.311 e. The zero-order chi connectivity index (χ0) is 19.4. The van der Waals surface area contributed by atoms with Crippen LogP contribution in [0.2, 0.25) is 0 Å². The Kier molecular flexibility index (Phi) is 3.10. The Morgan fingerprint density at radius 2 is 2.00 bits per heavy atom. The van der Waals surface area contributed by atoms with Crippen LogP contribution < -0.4 is 11.1 Å². The molecule has 0 aromatic carbocycles. The van der Waals surface area contributed by atoms with Gasteiger partial charge in [0.15, 0.2) is 18.3 Å². The summed E-state index contributed by atoms with van der Waals surface area (Å²) in [4.78, 5) is 27.5. The van der Waals surface area contributed by atoms with Crippen LogP contribution in [-0.2, 0) is 33.3 Å². The smallest absolute Gasteiger partial charge is 0.311 e. The van der Waals surface area contributed by atoms with Gasteiger partial charge in [0.1, 0.15) is 30.5 Å². The first kappa shape index (κ1) is 17.1. The van der Waals surface area contributed by atoms with Crippen molar-refractivity contribution in [2.24, 2.45) is 16.6 Å². The zero-order valence-electron chi connectivity index (χ0n) is 14.4. The molecule has 0 aromatic rings. The van der Waals surface area contributed by atoms with Crippen molar-refractivity contribution in [2.75, 3.05) is 6.61 Å². The van der Waals surface area contributed by atoms with Gasteiger partial charge >= 0.3 is 17.9 Å². The molecule has 7 bridgehead atoms. The van der Waals surface area contributed by atoms with E-state index in [0.717, 1.165) is 0 Å². The van der Waals surface area contributed by atoms with Gasteiger partial charge in [-0.15, -0.1) is 0 Å². The van der Waals surface area contributed by atoms with E-state index < -0.39 is 72.2 Å². The molecule has 9 atom stereocenters. The summed E-state index contributed by atoms with van der Waals surface area (Å²) in [6.45, 7) is 1.93. The summed E-state index contributed by atoms with van der Waals surface area (Å²) in [6.07, 6.45) is -5.63. The monoisotopic (exact) mass is 385 g/mol. The standard InChI is InChI=1S/C15H19N3O9/c1-4(19)23-3-13(25-5(2)20)8-6-10-17-12(16)18-14(6)7(21)9(13)27-15(22,26-8)11(14)24-10/h6-11,21-22H,3H2,1-2H3,(H3,16,17,18). The van der Waals surface area contributed by atoms with E-state index >= 15 is 0 Å². The molecule has 0 radical (unpaired) electrons. The summed E-state index contributed by atoms with van der Waals surface area (Å²) < 4.78 is 27.8. The lowest BCUT2D eigenvalue weighted by atomic mass is 9.56. The molecule has 12 heteroatoms. The van der Waals surface area contributed by atoms with Crippen molar-refractivity contribution < 1.29 is 43.5 Å². The lowest BCUT2D eigenvalue weighted by Crippen LogP contribution is -2.93. The number of nitrogens with two attached hydrogens (primary N) is 1. The molecule has 5 fully saturated rings. The van der Waals surface area contributed by atoms with Gasteiger partial charge in [0.25, 0.3) is 0 Å². The SMILES string of the molecule is CC(=O)OCC1(OC(C)=O)C2OC3(O)OC1C1C4N=C(N)NC1(C2O)C3O4. The number of nitrogens with zero attached hydrogens (tertiary/aromatic N) is 1. The van der Waals surface area contributed by atoms with Crippen LogP contribution in [0.1, 0.15) is 13.8 Å². The van der Waals surface area contributed by atoms with E-state index in [1.165, 1.54) is 13.8 Å². The number of guanidine groups is 1. The summed E-state index contributed by atoms with van der Waals surface area (Å²) in [5, 5.41) is 25.0. The molecule has 1 saturated carbocycles. The third-order valence-corrected chi connectivity index (χ3v) is 6.00. The number of aliphatic imine (C=N–C) groups is 1. The van der Waals surface area contributed by atoms with Gasteiger partial charge in [-0.1, -0.05) is 0 Å². The number of hydrogen-bond acceptors (Lipinski definition) is 12. The topological polar surface area (TPSA) is 171 Å². The Hall–Kier alpha value is -1.99. The Morgan fingerprint density at radius 3 is 2.67 bits per heavy atom. The van der Waals surface area contributed by atoms with Crippen LogP contribution in [0.5, 0.6) is 0 Å². The molecule has 5 N–H and O–H groups in total. The first-order valence-electron chi connectivity index (χ1n) is 8.50. The van der Waals surface area contributed by atoms with Crippen molar-refractivity contribution in [1.29, 1.82) is 0 Å². The highest BCUT2D eigenvalue weighted by Gasteiger charge is 2.88. The van der Waals surface area contributed by atoms with E-state index in [2.05, 4.69) is 10.3 Å². The fraction of sp³-hybridized carbons (Fsp3) is 0.800. The summed E-state index contributed by atoms with van der Waals surface area (Å²) in [7, 11) is 0. The molecule has 4 saturated heterocycles. The Balaban J connectivity index is 1.68. The van der Waals surface area contributed by atoms with Gasteiger partial charge in [-0.3, -0.25) is 9.59 Å². The second-order valence-corrected chi connectivity index (χ2v) is 7.49. The first-order chi connectivity index (χ1) is 12.6. The predicted molar refractivity (Wildman–Crippen MR) is 81.5 cm³/mol. The second-order valence-electron chi connectivity index (χ2n) is 7.49. The Bertz CT molecular complexity index is 776. The minimum atomic E-state index is -2.22. The van der Waals surface area contributed by atoms with E-state index in [1.54, 1.807) is 0 Å². The molecule has 6 rings (SSSR count). The summed E-state index contributed by atoms with van der Waals surface area (Å²) in [5.74, 6) is -4.17. The lowest BCUT2D eigenvalue weighted by molar-refractivity contribution is -0.528. The number of carbonyl (C=O) groups excluding carboxylic acids is 2. The zero-order valence-corrected chi connectivity index (χ0v) is 14.4. The predicted octanol–water partition coefficient (Wildman–Crippen LogP) is -3.33. The highest BCUT2D eigenvalue weighted by atomic mass is 16.9. The maximum atomic E-state index is 11.9. The van der Waals surface area contributed by atoms with Crippen LogP contribution in [-0.4, -0.2) is 82.5 Å². The number of ether oxygens (including phenoxy) is 5. The number of esters is 2. The van der Waals surface area contributed by atoms with E-state index in [-0.39, 0.29) is 5.96 Å². The summed E-state index contributed by atoms with van der Waals surface area (Å²) >= 11 is 0. The molecule has 9 unspecified atom stereocenters. The molecule has 1 spiro atoms. The minimum Gasteiger partial charge on any atom is -0.461 e. The minimum absolute atomic E-state index is 0.0430. The molecule has 6 aliphatic rings. The average molecular weight is 385 g/mol. The molecular formula is C15H19N3O9. The van der Waals surface area contributed by atoms with Crippen molar-refractivity contribution >= 4 is 17.9 Å².